The first-order valence-electron chi connectivity index (χ1n) is 9.98. The molecule has 32 heavy (non-hydrogen) atoms. The molecular weight excluding hydrogens is 408 g/mol. The molecule has 0 aliphatic rings. The van der Waals surface area contributed by atoms with Gasteiger partial charge in [-0.3, -0.25) is 9.59 Å². The Morgan fingerprint density at radius 3 is 2.72 bits per heavy atom. The molecule has 0 saturated heterocycles. The Kier molecular flexibility index (Phi) is 7.39. The number of nitrogens with zero attached hydrogens (tertiary/aromatic N) is 2. The first kappa shape index (κ1) is 22.7. The Morgan fingerprint density at radius 1 is 1.22 bits per heavy atom. The average Bonchev–Trinajstić information content (AvgIpc) is 2.81. The van der Waals surface area contributed by atoms with Gasteiger partial charge < -0.3 is 25.0 Å². The number of nitriles is 1. The highest BCUT2D eigenvalue weighted by molar-refractivity contribution is 6.05. The molecule has 1 aromatic heterocycles. The van der Waals surface area contributed by atoms with Gasteiger partial charge in [0.1, 0.15) is 17.4 Å². The summed E-state index contributed by atoms with van der Waals surface area (Å²) in [6.45, 7) is 0.774. The molecule has 164 valence electrons. The van der Waals surface area contributed by atoms with Crippen LogP contribution in [-0.2, 0) is 13.6 Å². The van der Waals surface area contributed by atoms with Gasteiger partial charge in [0.15, 0.2) is 0 Å². The van der Waals surface area contributed by atoms with Gasteiger partial charge in [0.2, 0.25) is 0 Å². The Bertz CT molecular complexity index is 1230. The standard InChI is InChI=1S/C24H24N4O4/c1-28-15-16(14-26-9-10-29)11-20(24(28)31)23(30)27-22-8-4-7-19(21(22)13-25)17-5-3-6-18(12-17)32-2/h3-8,11-12,15,26,29H,9-10,14H2,1-2H3,(H,27,30). The van der Waals surface area contributed by atoms with Gasteiger partial charge in [0, 0.05) is 31.9 Å². The van der Waals surface area contributed by atoms with Gasteiger partial charge in [-0.2, -0.15) is 5.26 Å². The Balaban J connectivity index is 1.95. The van der Waals surface area contributed by atoms with Crippen LogP contribution in [0.1, 0.15) is 21.5 Å². The smallest absolute Gasteiger partial charge is 0.263 e. The van der Waals surface area contributed by atoms with E-state index >= 15 is 0 Å². The summed E-state index contributed by atoms with van der Waals surface area (Å²) in [5, 5.41) is 24.5. The van der Waals surface area contributed by atoms with Crippen LogP contribution in [0, 0.1) is 11.3 Å². The molecule has 1 amide bonds. The number of ether oxygens (including phenoxy) is 1. The molecule has 0 aliphatic carbocycles. The van der Waals surface area contributed by atoms with E-state index < -0.39 is 11.5 Å². The van der Waals surface area contributed by atoms with Crippen LogP contribution in [0.15, 0.2) is 59.5 Å². The molecule has 3 N–H and O–H groups in total. The first-order chi connectivity index (χ1) is 15.5. The monoisotopic (exact) mass is 432 g/mol. The molecule has 0 unspecified atom stereocenters. The summed E-state index contributed by atoms with van der Waals surface area (Å²) in [6.07, 6.45) is 1.63. The summed E-state index contributed by atoms with van der Waals surface area (Å²) < 4.78 is 6.60. The van der Waals surface area contributed by atoms with E-state index in [4.69, 9.17) is 9.84 Å². The number of methoxy groups -OCH3 is 1. The molecule has 0 fully saturated rings. The topological polar surface area (TPSA) is 116 Å². The number of hydrogen-bond donors (Lipinski definition) is 3. The summed E-state index contributed by atoms with van der Waals surface area (Å²) in [5.74, 6) is 0.0462. The largest absolute Gasteiger partial charge is 0.497 e. The molecule has 0 spiro atoms. The van der Waals surface area contributed by atoms with Crippen LogP contribution >= 0.6 is 0 Å². The third-order valence-corrected chi connectivity index (χ3v) is 4.91. The van der Waals surface area contributed by atoms with Crippen LogP contribution in [0.5, 0.6) is 5.75 Å². The van der Waals surface area contributed by atoms with Crippen LogP contribution in [0.2, 0.25) is 0 Å². The zero-order chi connectivity index (χ0) is 23.1. The molecule has 0 saturated carbocycles. The lowest BCUT2D eigenvalue weighted by Gasteiger charge is -2.13. The van der Waals surface area contributed by atoms with E-state index in [9.17, 15) is 14.9 Å². The number of aromatic nitrogens is 1. The van der Waals surface area contributed by atoms with Crippen molar-refractivity contribution in [3.05, 3.63) is 81.8 Å². The zero-order valence-corrected chi connectivity index (χ0v) is 17.9. The fourth-order valence-electron chi connectivity index (χ4n) is 3.35. The number of aliphatic hydroxyl groups is 1. The second-order valence-corrected chi connectivity index (χ2v) is 7.10. The van der Waals surface area contributed by atoms with E-state index in [0.717, 1.165) is 11.1 Å². The number of aryl methyl sites for hydroxylation is 1. The number of hydrogen-bond acceptors (Lipinski definition) is 6. The van der Waals surface area contributed by atoms with Gasteiger partial charge in [-0.05, 0) is 35.4 Å². The number of amides is 1. The van der Waals surface area contributed by atoms with Crippen molar-refractivity contribution in [2.75, 3.05) is 25.6 Å². The number of anilines is 1. The maximum atomic E-state index is 13.0. The zero-order valence-electron chi connectivity index (χ0n) is 17.9. The van der Waals surface area contributed by atoms with Gasteiger partial charge in [-0.1, -0.05) is 24.3 Å². The number of carbonyl (C=O) groups is 1. The van der Waals surface area contributed by atoms with Crippen LogP contribution in [-0.4, -0.2) is 35.8 Å². The molecule has 0 bridgehead atoms. The molecule has 3 aromatic rings. The Hall–Kier alpha value is -3.93. The number of aliphatic hydroxyl groups excluding tert-OH is 1. The Morgan fingerprint density at radius 2 is 2.00 bits per heavy atom. The van der Waals surface area contributed by atoms with Crippen LogP contribution in [0.3, 0.4) is 0 Å². The summed E-state index contributed by atoms with van der Waals surface area (Å²) in [5.41, 5.74) is 2.23. The predicted octanol–water partition coefficient (Wildman–Crippen LogP) is 2.27. The van der Waals surface area contributed by atoms with Gasteiger partial charge >= 0.3 is 0 Å². The lowest BCUT2D eigenvalue weighted by atomic mass is 9.98. The van der Waals surface area contributed by atoms with E-state index in [1.165, 1.54) is 10.6 Å². The van der Waals surface area contributed by atoms with E-state index in [-0.39, 0.29) is 17.7 Å². The number of benzene rings is 2. The molecule has 8 nitrogen and oxygen atoms in total. The maximum Gasteiger partial charge on any atom is 0.263 e. The molecular formula is C24H24N4O4. The van der Waals surface area contributed by atoms with Crippen molar-refractivity contribution in [3.8, 4) is 22.9 Å². The van der Waals surface area contributed by atoms with E-state index in [2.05, 4.69) is 16.7 Å². The molecule has 8 heteroatoms. The average molecular weight is 432 g/mol. The minimum absolute atomic E-state index is 0.0142. The van der Waals surface area contributed by atoms with Crippen molar-refractivity contribution in [3.63, 3.8) is 0 Å². The SMILES string of the molecule is COc1cccc(-c2cccc(NC(=O)c3cc(CNCCO)cn(C)c3=O)c2C#N)c1. The maximum absolute atomic E-state index is 13.0. The molecule has 1 heterocycles. The molecule has 2 aromatic carbocycles. The van der Waals surface area contributed by atoms with Crippen molar-refractivity contribution in [1.82, 2.24) is 9.88 Å². The van der Waals surface area contributed by atoms with Crippen LogP contribution < -0.4 is 20.9 Å². The van der Waals surface area contributed by atoms with E-state index in [1.54, 1.807) is 50.7 Å². The van der Waals surface area contributed by atoms with E-state index in [0.29, 0.717) is 30.1 Å². The first-order valence-corrected chi connectivity index (χ1v) is 9.98. The number of carbonyl (C=O) groups excluding carboxylic acids is 1. The summed E-state index contributed by atoms with van der Waals surface area (Å²) in [7, 11) is 3.13. The Labute approximate surface area is 185 Å². The third-order valence-electron chi connectivity index (χ3n) is 4.91. The van der Waals surface area contributed by atoms with Crippen LogP contribution in [0.25, 0.3) is 11.1 Å². The highest BCUT2D eigenvalue weighted by Gasteiger charge is 2.17. The number of nitrogens with one attached hydrogen (secondary N) is 2. The van der Waals surface area contributed by atoms with Gasteiger partial charge in [-0.25, -0.2) is 0 Å². The van der Waals surface area contributed by atoms with E-state index in [1.807, 2.05) is 12.1 Å². The number of rotatable bonds is 8. The number of pyridine rings is 1. The second kappa shape index (κ2) is 10.4. The van der Waals surface area contributed by atoms with Crippen molar-refractivity contribution in [1.29, 1.82) is 5.26 Å². The summed E-state index contributed by atoms with van der Waals surface area (Å²) in [6, 6.07) is 16.1. The summed E-state index contributed by atoms with van der Waals surface area (Å²) in [4.78, 5) is 25.5. The van der Waals surface area contributed by atoms with Gasteiger partial charge in [0.25, 0.3) is 11.5 Å². The lowest BCUT2D eigenvalue weighted by molar-refractivity contribution is 0.102. The molecule has 0 atom stereocenters. The minimum Gasteiger partial charge on any atom is -0.497 e. The third kappa shape index (κ3) is 5.03. The van der Waals surface area contributed by atoms with Crippen molar-refractivity contribution >= 4 is 11.6 Å². The lowest BCUT2D eigenvalue weighted by Crippen LogP contribution is -2.29. The van der Waals surface area contributed by atoms with Crippen molar-refractivity contribution in [2.45, 2.75) is 6.54 Å². The molecule has 0 radical (unpaired) electrons. The predicted molar refractivity (Wildman–Crippen MR) is 122 cm³/mol. The second-order valence-electron chi connectivity index (χ2n) is 7.10. The van der Waals surface area contributed by atoms with Crippen LogP contribution in [0.4, 0.5) is 5.69 Å². The normalized spacial score (nSPS) is 10.4. The fourth-order valence-corrected chi connectivity index (χ4v) is 3.35. The highest BCUT2D eigenvalue weighted by Crippen LogP contribution is 2.31. The van der Waals surface area contributed by atoms with Crippen molar-refractivity contribution in [2.24, 2.45) is 7.05 Å². The molecule has 0 aliphatic heterocycles. The fraction of sp³-hybridized carbons (Fsp3) is 0.208. The quantitative estimate of drug-likeness (QED) is 0.470. The molecule has 3 rings (SSSR count). The van der Waals surface area contributed by atoms with Crippen molar-refractivity contribution < 1.29 is 14.6 Å². The minimum atomic E-state index is -0.603. The van der Waals surface area contributed by atoms with Gasteiger partial charge in [-0.15, -0.1) is 0 Å². The highest BCUT2D eigenvalue weighted by atomic mass is 16.5. The summed E-state index contributed by atoms with van der Waals surface area (Å²) >= 11 is 0. The van der Waals surface area contributed by atoms with Gasteiger partial charge in [0.05, 0.1) is 25.0 Å².